The Balaban J connectivity index is 1.71. The molecule has 1 aliphatic rings. The lowest BCUT2D eigenvalue weighted by molar-refractivity contribution is -0.144. The van der Waals surface area contributed by atoms with Gasteiger partial charge >= 0.3 is 12.1 Å². The number of hydrogen-bond donors (Lipinski definition) is 1. The number of rotatable bonds is 4. The number of aliphatic carboxylic acids is 1. The molecular weight excluding hydrogens is 369 g/mol. The van der Waals surface area contributed by atoms with Gasteiger partial charge in [0, 0.05) is 5.25 Å². The maximum atomic E-state index is 12.6. The molecule has 0 spiro atoms. The maximum Gasteiger partial charge on any atom is 0.416 e. The normalized spacial score (nSPS) is 20.7. The summed E-state index contributed by atoms with van der Waals surface area (Å²) in [5, 5.41) is 16.6. The van der Waals surface area contributed by atoms with Crippen molar-refractivity contribution in [2.75, 3.05) is 0 Å². The van der Waals surface area contributed by atoms with Gasteiger partial charge in [-0.15, -0.1) is 10.2 Å². The quantitative estimate of drug-likeness (QED) is 0.851. The van der Waals surface area contributed by atoms with Crippen LogP contribution in [0.15, 0.2) is 27.8 Å². The number of carboxylic acid groups (broad SMARTS) is 1. The molecule has 0 amide bonds. The lowest BCUT2D eigenvalue weighted by Crippen LogP contribution is -2.32. The zero-order valence-corrected chi connectivity index (χ0v) is 13.5. The van der Waals surface area contributed by atoms with E-state index in [-0.39, 0.29) is 32.9 Å². The predicted molar refractivity (Wildman–Crippen MR) is 79.8 cm³/mol. The Kier molecular flexibility index (Phi) is 4.48. The molecule has 1 aliphatic carbocycles. The number of benzene rings is 1. The summed E-state index contributed by atoms with van der Waals surface area (Å²) < 4.78 is 43.3. The molecule has 0 radical (unpaired) electrons. The van der Waals surface area contributed by atoms with Crippen LogP contribution in [-0.2, 0) is 11.0 Å². The second kappa shape index (κ2) is 6.29. The number of alkyl halides is 3. The summed E-state index contributed by atoms with van der Waals surface area (Å²) >= 11 is 7.13. The summed E-state index contributed by atoms with van der Waals surface area (Å²) in [7, 11) is 0. The molecule has 3 rings (SSSR count). The zero-order chi connectivity index (χ0) is 17.5. The summed E-state index contributed by atoms with van der Waals surface area (Å²) in [5.41, 5.74) is -0.652. The van der Waals surface area contributed by atoms with Crippen LogP contribution in [0.25, 0.3) is 11.5 Å². The summed E-state index contributed by atoms with van der Waals surface area (Å²) in [5.74, 6) is -1.16. The molecule has 0 atom stereocenters. The summed E-state index contributed by atoms with van der Waals surface area (Å²) in [6.07, 6.45) is -3.46. The van der Waals surface area contributed by atoms with E-state index in [1.165, 1.54) is 17.8 Å². The fourth-order valence-electron chi connectivity index (χ4n) is 2.24. The number of carboxylic acids is 1. The number of carbonyl (C=O) groups is 1. The Morgan fingerprint density at radius 1 is 1.33 bits per heavy atom. The third-order valence-electron chi connectivity index (χ3n) is 3.64. The highest BCUT2D eigenvalue weighted by molar-refractivity contribution is 7.99. The standard InChI is InChI=1S/C14H10ClF3N2O3S/c15-10-5-7(14(16,17)18)1-2-9(10)11-19-20-13(23-11)24-8-3-6(4-8)12(21)22/h1-2,5-6,8H,3-4H2,(H,21,22)/t6-,8+. The first-order valence-electron chi connectivity index (χ1n) is 6.84. The van der Waals surface area contributed by atoms with Gasteiger partial charge in [0.15, 0.2) is 0 Å². The van der Waals surface area contributed by atoms with Gasteiger partial charge in [-0.2, -0.15) is 13.2 Å². The molecular formula is C14H10ClF3N2O3S. The van der Waals surface area contributed by atoms with Gasteiger partial charge in [0.25, 0.3) is 5.22 Å². The van der Waals surface area contributed by atoms with Crippen molar-refractivity contribution < 1.29 is 27.5 Å². The van der Waals surface area contributed by atoms with Crippen LogP contribution < -0.4 is 0 Å². The molecule has 0 bridgehead atoms. The second-order valence-corrected chi connectivity index (χ2v) is 6.97. The van der Waals surface area contributed by atoms with Crippen molar-refractivity contribution in [3.63, 3.8) is 0 Å². The summed E-state index contributed by atoms with van der Waals surface area (Å²) in [4.78, 5) is 10.7. The van der Waals surface area contributed by atoms with E-state index in [2.05, 4.69) is 10.2 Å². The van der Waals surface area contributed by atoms with E-state index in [1.54, 1.807) is 0 Å². The molecule has 1 N–H and O–H groups in total. The summed E-state index contributed by atoms with van der Waals surface area (Å²) in [6.45, 7) is 0. The van der Waals surface area contributed by atoms with Gasteiger partial charge in [0.05, 0.1) is 22.1 Å². The first-order valence-corrected chi connectivity index (χ1v) is 8.10. The van der Waals surface area contributed by atoms with Gasteiger partial charge < -0.3 is 9.52 Å². The van der Waals surface area contributed by atoms with Crippen LogP contribution in [0, 0.1) is 5.92 Å². The van der Waals surface area contributed by atoms with E-state index in [0.29, 0.717) is 12.8 Å². The Hall–Kier alpha value is -1.74. The van der Waals surface area contributed by atoms with E-state index in [9.17, 15) is 18.0 Å². The van der Waals surface area contributed by atoms with Crippen LogP contribution in [0.2, 0.25) is 5.02 Å². The number of aromatic nitrogens is 2. The molecule has 0 saturated heterocycles. The van der Waals surface area contributed by atoms with Gasteiger partial charge in [-0.1, -0.05) is 23.4 Å². The average Bonchev–Trinajstić information content (AvgIpc) is 2.89. The van der Waals surface area contributed by atoms with Crippen molar-refractivity contribution in [3.8, 4) is 11.5 Å². The fraction of sp³-hybridized carbons (Fsp3) is 0.357. The van der Waals surface area contributed by atoms with Crippen molar-refractivity contribution >= 4 is 29.3 Å². The maximum absolute atomic E-state index is 12.6. The van der Waals surface area contributed by atoms with E-state index in [1.807, 2.05) is 0 Å². The third kappa shape index (κ3) is 3.51. The Morgan fingerprint density at radius 3 is 2.62 bits per heavy atom. The Labute approximate surface area is 143 Å². The van der Waals surface area contributed by atoms with Gasteiger partial charge in [-0.05, 0) is 31.0 Å². The Morgan fingerprint density at radius 2 is 2.04 bits per heavy atom. The van der Waals surface area contributed by atoms with Crippen LogP contribution in [0.4, 0.5) is 13.2 Å². The van der Waals surface area contributed by atoms with Crippen LogP contribution >= 0.6 is 23.4 Å². The molecule has 0 unspecified atom stereocenters. The lowest BCUT2D eigenvalue weighted by Gasteiger charge is -2.30. The highest BCUT2D eigenvalue weighted by Gasteiger charge is 2.36. The minimum atomic E-state index is -4.48. The first kappa shape index (κ1) is 17.1. The molecule has 1 aromatic carbocycles. The van der Waals surface area contributed by atoms with Crippen molar-refractivity contribution in [2.45, 2.75) is 29.5 Å². The van der Waals surface area contributed by atoms with Crippen LogP contribution in [0.5, 0.6) is 0 Å². The minimum absolute atomic E-state index is 0.0188. The third-order valence-corrected chi connectivity index (χ3v) is 5.04. The SMILES string of the molecule is O=C(O)[C@H]1C[C@@H](Sc2nnc(-c3ccc(C(F)(F)F)cc3Cl)o2)C1. The van der Waals surface area contributed by atoms with Crippen molar-refractivity contribution in [1.29, 1.82) is 0 Å². The number of halogens is 4. The minimum Gasteiger partial charge on any atom is -0.481 e. The van der Waals surface area contributed by atoms with Crippen LogP contribution in [0.1, 0.15) is 18.4 Å². The largest absolute Gasteiger partial charge is 0.481 e. The molecule has 24 heavy (non-hydrogen) atoms. The molecule has 1 fully saturated rings. The smallest absolute Gasteiger partial charge is 0.416 e. The predicted octanol–water partition coefficient (Wildman–Crippen LogP) is 4.36. The van der Waals surface area contributed by atoms with E-state index >= 15 is 0 Å². The first-order chi connectivity index (χ1) is 11.2. The van der Waals surface area contributed by atoms with Crippen molar-refractivity contribution in [2.24, 2.45) is 5.92 Å². The fourth-order valence-corrected chi connectivity index (χ4v) is 3.66. The number of nitrogens with zero attached hydrogens (tertiary/aromatic N) is 2. The molecule has 128 valence electrons. The highest BCUT2D eigenvalue weighted by Crippen LogP contribution is 2.41. The Bertz CT molecular complexity index is 775. The monoisotopic (exact) mass is 378 g/mol. The zero-order valence-electron chi connectivity index (χ0n) is 11.9. The van der Waals surface area contributed by atoms with Gasteiger partial charge in [-0.3, -0.25) is 4.79 Å². The van der Waals surface area contributed by atoms with Crippen LogP contribution in [0.3, 0.4) is 0 Å². The van der Waals surface area contributed by atoms with Gasteiger partial charge in [0.2, 0.25) is 5.89 Å². The molecule has 0 aliphatic heterocycles. The molecule has 1 heterocycles. The van der Waals surface area contributed by atoms with E-state index < -0.39 is 17.7 Å². The second-order valence-electron chi connectivity index (χ2n) is 5.31. The van der Waals surface area contributed by atoms with Gasteiger partial charge in [0.1, 0.15) is 0 Å². The molecule has 1 saturated carbocycles. The molecule has 5 nitrogen and oxygen atoms in total. The molecule has 10 heteroatoms. The number of thioether (sulfide) groups is 1. The summed E-state index contributed by atoms with van der Waals surface area (Å²) in [6, 6.07) is 2.87. The van der Waals surface area contributed by atoms with Crippen molar-refractivity contribution in [3.05, 3.63) is 28.8 Å². The van der Waals surface area contributed by atoms with Crippen molar-refractivity contribution in [1.82, 2.24) is 10.2 Å². The molecule has 1 aromatic heterocycles. The van der Waals surface area contributed by atoms with Gasteiger partial charge in [-0.25, -0.2) is 0 Å². The topological polar surface area (TPSA) is 76.2 Å². The van der Waals surface area contributed by atoms with Crippen LogP contribution in [-0.4, -0.2) is 26.5 Å². The van der Waals surface area contributed by atoms with E-state index in [0.717, 1.165) is 12.1 Å². The number of hydrogen-bond acceptors (Lipinski definition) is 5. The molecule has 2 aromatic rings. The highest BCUT2D eigenvalue weighted by atomic mass is 35.5. The lowest BCUT2D eigenvalue weighted by atomic mass is 9.85. The average molecular weight is 379 g/mol. The van der Waals surface area contributed by atoms with E-state index in [4.69, 9.17) is 21.1 Å².